The van der Waals surface area contributed by atoms with Crippen molar-refractivity contribution in [2.24, 2.45) is 4.99 Å². The molecule has 4 rings (SSSR count). The van der Waals surface area contributed by atoms with E-state index in [1.54, 1.807) is 25.6 Å². The molecule has 1 heterocycles. The van der Waals surface area contributed by atoms with Crippen molar-refractivity contribution in [1.82, 2.24) is 4.57 Å². The highest BCUT2D eigenvalue weighted by molar-refractivity contribution is 7.07. The fourth-order valence-electron chi connectivity index (χ4n) is 3.41. The summed E-state index contributed by atoms with van der Waals surface area (Å²) >= 11 is 14.0. The van der Waals surface area contributed by atoms with Gasteiger partial charge in [0.05, 0.1) is 35.6 Å². The predicted molar refractivity (Wildman–Crippen MR) is 133 cm³/mol. The quantitative estimate of drug-likeness (QED) is 0.282. The molecular formula is C25H22Cl2N2O2S. The highest BCUT2D eigenvalue weighted by atomic mass is 35.5. The summed E-state index contributed by atoms with van der Waals surface area (Å²) in [6.07, 6.45) is 0.799. The predicted octanol–water partition coefficient (Wildman–Crippen LogP) is 7.02. The molecule has 0 radical (unpaired) electrons. The number of thiazole rings is 1. The number of halogens is 2. The van der Waals surface area contributed by atoms with E-state index in [1.807, 2.05) is 60.7 Å². The Bertz CT molecular complexity index is 1280. The van der Waals surface area contributed by atoms with Crippen molar-refractivity contribution in [3.8, 4) is 22.8 Å². The second kappa shape index (κ2) is 10.3. The Morgan fingerprint density at radius 3 is 2.38 bits per heavy atom. The molecule has 0 aliphatic heterocycles. The van der Waals surface area contributed by atoms with E-state index in [9.17, 15) is 0 Å². The topological polar surface area (TPSA) is 35.8 Å². The molecule has 0 aliphatic carbocycles. The number of hydrogen-bond donors (Lipinski definition) is 0. The van der Waals surface area contributed by atoms with Gasteiger partial charge >= 0.3 is 0 Å². The van der Waals surface area contributed by atoms with E-state index in [0.717, 1.165) is 51.8 Å². The maximum Gasteiger partial charge on any atom is 0.190 e. The average molecular weight is 485 g/mol. The lowest BCUT2D eigenvalue weighted by atomic mass is 10.1. The molecule has 0 aliphatic rings. The molecule has 0 bridgehead atoms. The van der Waals surface area contributed by atoms with Crippen molar-refractivity contribution < 1.29 is 9.47 Å². The standard InChI is InChI=1S/C25H22Cl2N2O2S/c1-30-23-11-8-17(14-24(23)31-2)12-13-29-22(18-9-10-20(26)21(27)15-18)16-32-25(29)28-19-6-4-3-5-7-19/h3-11,14-16H,12-13H2,1-2H3. The van der Waals surface area contributed by atoms with Crippen LogP contribution in [0.25, 0.3) is 11.3 Å². The van der Waals surface area contributed by atoms with Crippen LogP contribution in [0.1, 0.15) is 5.56 Å². The van der Waals surface area contributed by atoms with Crippen molar-refractivity contribution in [2.75, 3.05) is 14.2 Å². The zero-order valence-corrected chi connectivity index (χ0v) is 20.0. The van der Waals surface area contributed by atoms with Crippen LogP contribution in [0, 0.1) is 0 Å². The van der Waals surface area contributed by atoms with Gasteiger partial charge in [0.25, 0.3) is 0 Å². The lowest BCUT2D eigenvalue weighted by Gasteiger charge is -2.12. The number of hydrogen-bond acceptors (Lipinski definition) is 4. The van der Waals surface area contributed by atoms with E-state index in [-0.39, 0.29) is 0 Å². The van der Waals surface area contributed by atoms with Gasteiger partial charge in [-0.2, -0.15) is 0 Å². The summed E-state index contributed by atoms with van der Waals surface area (Å²) in [7, 11) is 3.29. The first kappa shape index (κ1) is 22.5. The molecule has 0 unspecified atom stereocenters. The van der Waals surface area contributed by atoms with Crippen LogP contribution < -0.4 is 14.3 Å². The van der Waals surface area contributed by atoms with Crippen LogP contribution in [-0.2, 0) is 13.0 Å². The smallest absolute Gasteiger partial charge is 0.190 e. The molecule has 0 fully saturated rings. The van der Waals surface area contributed by atoms with Crippen molar-refractivity contribution in [1.29, 1.82) is 0 Å². The van der Waals surface area contributed by atoms with Crippen LogP contribution in [0.5, 0.6) is 11.5 Å². The Kier molecular flexibility index (Phi) is 7.20. The highest BCUT2D eigenvalue weighted by Crippen LogP contribution is 2.30. The number of aryl methyl sites for hydroxylation is 1. The maximum atomic E-state index is 6.30. The monoisotopic (exact) mass is 484 g/mol. The zero-order chi connectivity index (χ0) is 22.5. The van der Waals surface area contributed by atoms with Gasteiger partial charge in [0.1, 0.15) is 0 Å². The summed E-state index contributed by atoms with van der Waals surface area (Å²) in [6.45, 7) is 0.736. The molecule has 7 heteroatoms. The van der Waals surface area contributed by atoms with Crippen molar-refractivity contribution in [2.45, 2.75) is 13.0 Å². The van der Waals surface area contributed by atoms with Crippen LogP contribution in [0.4, 0.5) is 5.69 Å². The first-order valence-corrected chi connectivity index (χ1v) is 11.7. The average Bonchev–Trinajstić information content (AvgIpc) is 3.22. The lowest BCUT2D eigenvalue weighted by molar-refractivity contribution is 0.354. The number of rotatable bonds is 7. The SMILES string of the molecule is COc1ccc(CCn2c(-c3ccc(Cl)c(Cl)c3)csc2=Nc2ccccc2)cc1OC. The molecule has 0 saturated carbocycles. The molecule has 0 amide bonds. The normalized spacial score (nSPS) is 11.6. The second-order valence-electron chi connectivity index (χ2n) is 7.07. The minimum absolute atomic E-state index is 0.531. The Morgan fingerprint density at radius 1 is 0.875 bits per heavy atom. The molecule has 4 aromatic rings. The largest absolute Gasteiger partial charge is 0.493 e. The van der Waals surface area contributed by atoms with Gasteiger partial charge in [-0.15, -0.1) is 11.3 Å². The fraction of sp³-hybridized carbons (Fsp3) is 0.160. The van der Waals surface area contributed by atoms with Crippen LogP contribution in [-0.4, -0.2) is 18.8 Å². The summed E-state index contributed by atoms with van der Waals surface area (Å²) in [6, 6.07) is 21.7. The summed E-state index contributed by atoms with van der Waals surface area (Å²) in [5, 5.41) is 3.18. The van der Waals surface area contributed by atoms with Crippen LogP contribution in [0.3, 0.4) is 0 Å². The minimum Gasteiger partial charge on any atom is -0.493 e. The molecule has 4 nitrogen and oxygen atoms in total. The molecule has 0 saturated heterocycles. The highest BCUT2D eigenvalue weighted by Gasteiger charge is 2.11. The van der Waals surface area contributed by atoms with Crippen molar-refractivity contribution in [3.63, 3.8) is 0 Å². The van der Waals surface area contributed by atoms with Gasteiger partial charge in [0.2, 0.25) is 0 Å². The summed E-state index contributed by atoms with van der Waals surface area (Å²) < 4.78 is 13.0. The van der Waals surface area contributed by atoms with Crippen LogP contribution in [0.15, 0.2) is 77.1 Å². The lowest BCUT2D eigenvalue weighted by Crippen LogP contribution is -2.17. The number of aromatic nitrogens is 1. The maximum absolute atomic E-state index is 6.30. The Morgan fingerprint density at radius 2 is 1.66 bits per heavy atom. The Balaban J connectivity index is 1.73. The van der Waals surface area contributed by atoms with Crippen molar-refractivity contribution >= 4 is 40.2 Å². The summed E-state index contributed by atoms with van der Waals surface area (Å²) in [5.74, 6) is 1.44. The third kappa shape index (κ3) is 5.01. The first-order chi connectivity index (χ1) is 15.6. The van der Waals surface area contributed by atoms with E-state index in [4.69, 9.17) is 37.7 Å². The molecule has 1 aromatic heterocycles. The number of nitrogens with zero attached hydrogens (tertiary/aromatic N) is 2. The third-order valence-electron chi connectivity index (χ3n) is 5.07. The Hall–Kier alpha value is -2.73. The first-order valence-electron chi connectivity index (χ1n) is 10.0. The molecule has 32 heavy (non-hydrogen) atoms. The van der Waals surface area contributed by atoms with Gasteiger partial charge in [0.15, 0.2) is 16.3 Å². The second-order valence-corrected chi connectivity index (χ2v) is 8.72. The summed E-state index contributed by atoms with van der Waals surface area (Å²) in [4.78, 5) is 5.79. The number of ether oxygens (including phenoxy) is 2. The number of para-hydroxylation sites is 1. The molecule has 3 aromatic carbocycles. The van der Waals surface area contributed by atoms with Gasteiger partial charge in [-0.25, -0.2) is 4.99 Å². The molecular weight excluding hydrogens is 463 g/mol. The molecule has 164 valence electrons. The van der Waals surface area contributed by atoms with Gasteiger partial charge < -0.3 is 14.0 Å². The van der Waals surface area contributed by atoms with Crippen LogP contribution in [0.2, 0.25) is 10.0 Å². The molecule has 0 N–H and O–H groups in total. The fourth-order valence-corrected chi connectivity index (χ4v) is 4.66. The van der Waals surface area contributed by atoms with E-state index >= 15 is 0 Å². The van der Waals surface area contributed by atoms with E-state index in [0.29, 0.717) is 10.0 Å². The van der Waals surface area contributed by atoms with Crippen LogP contribution >= 0.6 is 34.5 Å². The third-order valence-corrected chi connectivity index (χ3v) is 6.67. The van der Waals surface area contributed by atoms with Crippen molar-refractivity contribution in [3.05, 3.63) is 92.5 Å². The minimum atomic E-state index is 0.531. The van der Waals surface area contributed by atoms with E-state index < -0.39 is 0 Å². The number of benzene rings is 3. The molecule has 0 atom stereocenters. The summed E-state index contributed by atoms with van der Waals surface area (Å²) in [5.41, 5.74) is 4.10. The van der Waals surface area contributed by atoms with Gasteiger partial charge in [0, 0.05) is 17.5 Å². The number of methoxy groups -OCH3 is 2. The Labute approximate surface area is 201 Å². The molecule has 0 spiro atoms. The van der Waals surface area contributed by atoms with Gasteiger partial charge in [-0.1, -0.05) is 53.5 Å². The zero-order valence-electron chi connectivity index (χ0n) is 17.7. The van der Waals surface area contributed by atoms with Gasteiger partial charge in [-0.05, 0) is 48.4 Å². The van der Waals surface area contributed by atoms with Gasteiger partial charge in [-0.3, -0.25) is 0 Å². The van der Waals surface area contributed by atoms with E-state index in [1.165, 1.54) is 0 Å². The van der Waals surface area contributed by atoms with E-state index in [2.05, 4.69) is 16.0 Å².